The van der Waals surface area contributed by atoms with Gasteiger partial charge in [0.25, 0.3) is 0 Å². The van der Waals surface area contributed by atoms with E-state index in [1.165, 1.54) is 6.42 Å². The fraction of sp³-hybridized carbons (Fsp3) is 0.917. The summed E-state index contributed by atoms with van der Waals surface area (Å²) in [5.74, 6) is -0.781. The van der Waals surface area contributed by atoms with E-state index in [0.29, 0.717) is 12.6 Å². The minimum Gasteiger partial charge on any atom is -0.481 e. The predicted octanol–water partition coefficient (Wildman–Crippen LogP) is 1.74. The molecule has 0 spiro atoms. The molecule has 1 unspecified atom stereocenters. The van der Waals surface area contributed by atoms with Crippen molar-refractivity contribution in [2.75, 3.05) is 19.7 Å². The maximum atomic E-state index is 10.3. The molecule has 1 N–H and O–H groups in total. The molecule has 0 amide bonds. The minimum absolute atomic E-state index is 0.117. The minimum atomic E-state index is -0.781. The molecule has 94 valence electrons. The molecule has 1 atom stereocenters. The first-order chi connectivity index (χ1) is 7.63. The Balaban J connectivity index is 2.14. The number of carboxylic acids is 1. The lowest BCUT2D eigenvalue weighted by Crippen LogP contribution is -2.42. The molecule has 1 fully saturated rings. The molecule has 0 bridgehead atoms. The van der Waals surface area contributed by atoms with E-state index in [4.69, 9.17) is 9.84 Å². The van der Waals surface area contributed by atoms with Crippen molar-refractivity contribution < 1.29 is 14.6 Å². The van der Waals surface area contributed by atoms with Crippen molar-refractivity contribution >= 4 is 5.97 Å². The molecule has 0 aromatic rings. The summed E-state index contributed by atoms with van der Waals surface area (Å²) in [4.78, 5) is 12.8. The number of aliphatic carboxylic acids is 1. The highest BCUT2D eigenvalue weighted by molar-refractivity contribution is 5.66. The van der Waals surface area contributed by atoms with Crippen LogP contribution in [-0.4, -0.2) is 47.8 Å². The van der Waals surface area contributed by atoms with Gasteiger partial charge in [-0.1, -0.05) is 6.92 Å². The van der Waals surface area contributed by atoms with Gasteiger partial charge < -0.3 is 14.7 Å². The molecule has 0 aliphatic carbocycles. The van der Waals surface area contributed by atoms with E-state index in [1.54, 1.807) is 0 Å². The summed E-state index contributed by atoms with van der Waals surface area (Å²) in [7, 11) is 0. The van der Waals surface area contributed by atoms with Crippen LogP contribution in [-0.2, 0) is 9.53 Å². The SMILES string of the molecule is CCC(C)N1CCC(OCCC(=O)O)CC1. The number of ether oxygens (including phenoxy) is 1. The van der Waals surface area contributed by atoms with Crippen LogP contribution >= 0.6 is 0 Å². The van der Waals surface area contributed by atoms with Gasteiger partial charge in [0.05, 0.1) is 19.1 Å². The third-order valence-corrected chi connectivity index (χ3v) is 3.36. The third kappa shape index (κ3) is 4.49. The fourth-order valence-electron chi connectivity index (χ4n) is 2.05. The molecule has 0 aromatic heterocycles. The van der Waals surface area contributed by atoms with Crippen molar-refractivity contribution in [3.63, 3.8) is 0 Å². The van der Waals surface area contributed by atoms with Gasteiger partial charge in [-0.2, -0.15) is 0 Å². The Morgan fingerprint density at radius 1 is 1.50 bits per heavy atom. The second kappa shape index (κ2) is 6.86. The first-order valence-corrected chi connectivity index (χ1v) is 6.21. The van der Waals surface area contributed by atoms with Crippen molar-refractivity contribution in [3.8, 4) is 0 Å². The lowest BCUT2D eigenvalue weighted by molar-refractivity contribution is -0.138. The van der Waals surface area contributed by atoms with Crippen LogP contribution in [0.4, 0.5) is 0 Å². The van der Waals surface area contributed by atoms with E-state index < -0.39 is 5.97 Å². The summed E-state index contributed by atoms with van der Waals surface area (Å²) in [6.45, 7) is 6.97. The van der Waals surface area contributed by atoms with Crippen molar-refractivity contribution in [2.45, 2.75) is 51.7 Å². The first-order valence-electron chi connectivity index (χ1n) is 6.21. The van der Waals surface area contributed by atoms with E-state index in [1.807, 2.05) is 0 Å². The zero-order valence-corrected chi connectivity index (χ0v) is 10.3. The third-order valence-electron chi connectivity index (χ3n) is 3.36. The van der Waals surface area contributed by atoms with Crippen molar-refractivity contribution in [2.24, 2.45) is 0 Å². The molecular formula is C12H23NO3. The summed E-state index contributed by atoms with van der Waals surface area (Å²) in [6, 6.07) is 0.653. The van der Waals surface area contributed by atoms with Crippen molar-refractivity contribution in [3.05, 3.63) is 0 Å². The predicted molar refractivity (Wildman–Crippen MR) is 62.6 cm³/mol. The maximum Gasteiger partial charge on any atom is 0.305 e. The number of carbonyl (C=O) groups is 1. The van der Waals surface area contributed by atoms with Gasteiger partial charge in [-0.15, -0.1) is 0 Å². The standard InChI is InChI=1S/C12H23NO3/c1-3-10(2)13-7-4-11(5-8-13)16-9-6-12(14)15/h10-11H,3-9H2,1-2H3,(H,14,15). The highest BCUT2D eigenvalue weighted by Gasteiger charge is 2.22. The summed E-state index contributed by atoms with van der Waals surface area (Å²) >= 11 is 0. The Hall–Kier alpha value is -0.610. The molecule has 4 nitrogen and oxygen atoms in total. The summed E-state index contributed by atoms with van der Waals surface area (Å²) < 4.78 is 5.55. The number of nitrogens with zero attached hydrogens (tertiary/aromatic N) is 1. The van der Waals surface area contributed by atoms with Gasteiger partial charge in [0.15, 0.2) is 0 Å². The summed E-state index contributed by atoms with van der Waals surface area (Å²) in [6.07, 6.45) is 3.63. The molecule has 0 saturated carbocycles. The summed E-state index contributed by atoms with van der Waals surface area (Å²) in [5.41, 5.74) is 0. The number of rotatable bonds is 6. The highest BCUT2D eigenvalue weighted by atomic mass is 16.5. The van der Waals surface area contributed by atoms with Crippen LogP contribution < -0.4 is 0 Å². The molecule has 1 aliphatic heterocycles. The van der Waals surface area contributed by atoms with Crippen LogP contribution in [0.2, 0.25) is 0 Å². The van der Waals surface area contributed by atoms with Gasteiger partial charge in [0.1, 0.15) is 0 Å². The molecule has 1 aliphatic rings. The summed E-state index contributed by atoms with van der Waals surface area (Å²) in [5, 5.41) is 8.50. The smallest absolute Gasteiger partial charge is 0.305 e. The van der Waals surface area contributed by atoms with E-state index in [9.17, 15) is 4.79 Å². The van der Waals surface area contributed by atoms with Crippen molar-refractivity contribution in [1.82, 2.24) is 4.90 Å². The maximum absolute atomic E-state index is 10.3. The Morgan fingerprint density at radius 2 is 2.12 bits per heavy atom. The van der Waals surface area contributed by atoms with E-state index >= 15 is 0 Å². The molecule has 1 heterocycles. The molecule has 16 heavy (non-hydrogen) atoms. The number of piperidine rings is 1. The Bertz CT molecular complexity index is 212. The molecule has 1 saturated heterocycles. The van der Waals surface area contributed by atoms with Gasteiger partial charge in [0, 0.05) is 19.1 Å². The van der Waals surface area contributed by atoms with Crippen LogP contribution in [0.15, 0.2) is 0 Å². The fourth-order valence-corrected chi connectivity index (χ4v) is 2.05. The second-order valence-electron chi connectivity index (χ2n) is 4.51. The first kappa shape index (κ1) is 13.5. The van der Waals surface area contributed by atoms with Gasteiger partial charge in [0.2, 0.25) is 0 Å². The lowest BCUT2D eigenvalue weighted by atomic mass is 10.1. The molecule has 0 radical (unpaired) electrons. The second-order valence-corrected chi connectivity index (χ2v) is 4.51. The lowest BCUT2D eigenvalue weighted by Gasteiger charge is -2.35. The highest BCUT2D eigenvalue weighted by Crippen LogP contribution is 2.17. The average Bonchev–Trinajstić information content (AvgIpc) is 2.28. The number of carboxylic acid groups (broad SMARTS) is 1. The average molecular weight is 229 g/mol. The molecule has 1 rings (SSSR count). The zero-order chi connectivity index (χ0) is 12.0. The van der Waals surface area contributed by atoms with E-state index in [2.05, 4.69) is 18.7 Å². The topological polar surface area (TPSA) is 49.8 Å². The molecule has 4 heteroatoms. The normalized spacial score (nSPS) is 20.9. The molecular weight excluding hydrogens is 206 g/mol. The van der Waals surface area contributed by atoms with Crippen LogP contribution in [0.25, 0.3) is 0 Å². The Kier molecular flexibility index (Phi) is 5.77. The van der Waals surface area contributed by atoms with Crippen LogP contribution in [0.3, 0.4) is 0 Å². The number of likely N-dealkylation sites (tertiary alicyclic amines) is 1. The number of hydrogen-bond donors (Lipinski definition) is 1. The largest absolute Gasteiger partial charge is 0.481 e. The van der Waals surface area contributed by atoms with Gasteiger partial charge in [-0.05, 0) is 26.2 Å². The Labute approximate surface area is 97.6 Å². The van der Waals surface area contributed by atoms with Crippen molar-refractivity contribution in [1.29, 1.82) is 0 Å². The number of hydrogen-bond acceptors (Lipinski definition) is 3. The van der Waals surface area contributed by atoms with Gasteiger partial charge >= 0.3 is 5.97 Å². The monoisotopic (exact) mass is 229 g/mol. The van der Waals surface area contributed by atoms with Crippen LogP contribution in [0.5, 0.6) is 0 Å². The quantitative estimate of drug-likeness (QED) is 0.753. The van der Waals surface area contributed by atoms with Gasteiger partial charge in [-0.3, -0.25) is 4.79 Å². The van der Waals surface area contributed by atoms with Crippen LogP contribution in [0, 0.1) is 0 Å². The van der Waals surface area contributed by atoms with Crippen LogP contribution in [0.1, 0.15) is 39.5 Å². The van der Waals surface area contributed by atoms with E-state index in [-0.39, 0.29) is 12.5 Å². The zero-order valence-electron chi connectivity index (χ0n) is 10.3. The van der Waals surface area contributed by atoms with E-state index in [0.717, 1.165) is 25.9 Å². The van der Waals surface area contributed by atoms with Gasteiger partial charge in [-0.25, -0.2) is 0 Å². The molecule has 0 aromatic carbocycles. The Morgan fingerprint density at radius 3 is 2.62 bits per heavy atom.